The average Bonchev–Trinajstić information content (AvgIpc) is 3.42. The molecule has 0 atom stereocenters. The van der Waals surface area contributed by atoms with Gasteiger partial charge in [0, 0.05) is 34.6 Å². The van der Waals surface area contributed by atoms with Crippen molar-refractivity contribution in [3.63, 3.8) is 0 Å². The van der Waals surface area contributed by atoms with Gasteiger partial charge in [-0.3, -0.25) is 4.79 Å². The molecule has 0 unspecified atom stereocenters. The molecular formula is C20H19N3O2S2. The molecule has 5 nitrogen and oxygen atoms in total. The highest BCUT2D eigenvalue weighted by atomic mass is 32.1. The molecule has 0 saturated carbocycles. The number of fused-ring (bicyclic) bond motifs is 1. The molecule has 0 spiro atoms. The Kier molecular flexibility index (Phi) is 5.22. The highest BCUT2D eigenvalue weighted by molar-refractivity contribution is 7.14. The molecule has 138 valence electrons. The summed E-state index contributed by atoms with van der Waals surface area (Å²) in [6, 6.07) is 10.0. The standard InChI is InChI=1S/C20H19N3O2S2/c1-25-14-4-5-15-13(11-22-16(15)9-14)6-7-21-19(24)10-18-20(23-12-27-18)17-3-2-8-26-17/h2-5,8-9,11-12,22H,6-7,10H2,1H3,(H,21,24). The van der Waals surface area contributed by atoms with E-state index in [-0.39, 0.29) is 5.91 Å². The van der Waals surface area contributed by atoms with Crippen molar-refractivity contribution in [3.8, 4) is 16.3 Å². The van der Waals surface area contributed by atoms with Gasteiger partial charge in [0.1, 0.15) is 5.75 Å². The summed E-state index contributed by atoms with van der Waals surface area (Å²) in [4.78, 5) is 22.1. The molecule has 3 heterocycles. The van der Waals surface area contributed by atoms with Gasteiger partial charge in [-0.15, -0.1) is 22.7 Å². The van der Waals surface area contributed by atoms with Crippen molar-refractivity contribution < 1.29 is 9.53 Å². The van der Waals surface area contributed by atoms with Crippen LogP contribution in [0, 0.1) is 0 Å². The zero-order chi connectivity index (χ0) is 18.6. The number of thiophene rings is 1. The number of benzene rings is 1. The summed E-state index contributed by atoms with van der Waals surface area (Å²) in [7, 11) is 1.66. The first-order valence-corrected chi connectivity index (χ1v) is 10.4. The minimum atomic E-state index is 0.0265. The Bertz CT molecular complexity index is 1050. The summed E-state index contributed by atoms with van der Waals surface area (Å²) in [5, 5.41) is 6.21. The second-order valence-corrected chi connectivity index (χ2v) is 7.99. The fraction of sp³-hybridized carbons (Fsp3) is 0.200. The van der Waals surface area contributed by atoms with E-state index >= 15 is 0 Å². The van der Waals surface area contributed by atoms with Gasteiger partial charge in [0.25, 0.3) is 0 Å². The highest BCUT2D eigenvalue weighted by Crippen LogP contribution is 2.29. The molecule has 3 aromatic heterocycles. The minimum absolute atomic E-state index is 0.0265. The van der Waals surface area contributed by atoms with Crippen LogP contribution in [-0.2, 0) is 17.6 Å². The van der Waals surface area contributed by atoms with E-state index in [4.69, 9.17) is 4.74 Å². The third-order valence-electron chi connectivity index (χ3n) is 4.41. The summed E-state index contributed by atoms with van der Waals surface area (Å²) in [5.41, 5.74) is 4.96. The predicted molar refractivity (Wildman–Crippen MR) is 111 cm³/mol. The van der Waals surface area contributed by atoms with Gasteiger partial charge in [-0.05, 0) is 35.6 Å². The molecular weight excluding hydrogens is 378 g/mol. The van der Waals surface area contributed by atoms with E-state index < -0.39 is 0 Å². The van der Waals surface area contributed by atoms with Crippen molar-refractivity contribution in [3.05, 3.63) is 57.9 Å². The molecule has 0 aliphatic rings. The van der Waals surface area contributed by atoms with Gasteiger partial charge in [-0.1, -0.05) is 6.07 Å². The van der Waals surface area contributed by atoms with E-state index in [9.17, 15) is 4.79 Å². The lowest BCUT2D eigenvalue weighted by atomic mass is 10.1. The second kappa shape index (κ2) is 7.94. The maximum absolute atomic E-state index is 12.4. The van der Waals surface area contributed by atoms with Crippen LogP contribution in [0.5, 0.6) is 5.75 Å². The van der Waals surface area contributed by atoms with Crippen LogP contribution in [-0.4, -0.2) is 29.5 Å². The van der Waals surface area contributed by atoms with Gasteiger partial charge in [-0.25, -0.2) is 4.98 Å². The lowest BCUT2D eigenvalue weighted by molar-refractivity contribution is -0.120. The molecule has 1 amide bonds. The third kappa shape index (κ3) is 3.89. The number of thiazole rings is 1. The number of H-pyrrole nitrogens is 1. The van der Waals surface area contributed by atoms with Crippen molar-refractivity contribution in [1.29, 1.82) is 0 Å². The third-order valence-corrected chi connectivity index (χ3v) is 6.12. The van der Waals surface area contributed by atoms with Crippen LogP contribution in [0.15, 0.2) is 47.4 Å². The molecule has 27 heavy (non-hydrogen) atoms. The maximum atomic E-state index is 12.4. The summed E-state index contributed by atoms with van der Waals surface area (Å²) in [6.45, 7) is 0.602. The SMILES string of the molecule is COc1ccc2c(CCNC(=O)Cc3scnc3-c3cccs3)c[nH]c2c1. The fourth-order valence-corrected chi connectivity index (χ4v) is 4.64. The highest BCUT2D eigenvalue weighted by Gasteiger charge is 2.13. The van der Waals surface area contributed by atoms with E-state index in [1.807, 2.05) is 41.9 Å². The van der Waals surface area contributed by atoms with Crippen LogP contribution < -0.4 is 10.1 Å². The van der Waals surface area contributed by atoms with Crippen molar-refractivity contribution in [2.75, 3.05) is 13.7 Å². The first-order chi connectivity index (χ1) is 13.2. The van der Waals surface area contributed by atoms with Crippen LogP contribution in [0.4, 0.5) is 0 Å². The van der Waals surface area contributed by atoms with Crippen molar-refractivity contribution in [2.45, 2.75) is 12.8 Å². The number of carbonyl (C=O) groups is 1. The molecule has 2 N–H and O–H groups in total. The van der Waals surface area contributed by atoms with E-state index in [2.05, 4.69) is 15.3 Å². The number of carbonyl (C=O) groups excluding carboxylic acids is 1. The number of rotatable bonds is 7. The number of aromatic nitrogens is 2. The average molecular weight is 398 g/mol. The van der Waals surface area contributed by atoms with Crippen LogP contribution in [0.3, 0.4) is 0 Å². The minimum Gasteiger partial charge on any atom is -0.497 e. The normalized spacial score (nSPS) is 11.0. The Balaban J connectivity index is 1.35. The number of nitrogens with zero attached hydrogens (tertiary/aromatic N) is 1. The van der Waals surface area contributed by atoms with Gasteiger partial charge in [0.15, 0.2) is 0 Å². The topological polar surface area (TPSA) is 67.0 Å². The summed E-state index contributed by atoms with van der Waals surface area (Å²) < 4.78 is 5.25. The molecule has 0 aliphatic heterocycles. The maximum Gasteiger partial charge on any atom is 0.225 e. The number of hydrogen-bond acceptors (Lipinski definition) is 5. The molecule has 4 aromatic rings. The van der Waals surface area contributed by atoms with Crippen LogP contribution >= 0.6 is 22.7 Å². The van der Waals surface area contributed by atoms with E-state index in [1.54, 1.807) is 24.0 Å². The van der Waals surface area contributed by atoms with Gasteiger partial charge in [0.05, 0.1) is 29.6 Å². The number of ether oxygens (including phenoxy) is 1. The lowest BCUT2D eigenvalue weighted by Crippen LogP contribution is -2.27. The van der Waals surface area contributed by atoms with Crippen molar-refractivity contribution >= 4 is 39.5 Å². The molecule has 7 heteroatoms. The first kappa shape index (κ1) is 17.8. The lowest BCUT2D eigenvalue weighted by Gasteiger charge is -2.05. The van der Waals surface area contributed by atoms with Gasteiger partial charge < -0.3 is 15.0 Å². The van der Waals surface area contributed by atoms with Crippen LogP contribution in [0.25, 0.3) is 21.5 Å². The van der Waals surface area contributed by atoms with E-state index in [1.165, 1.54) is 16.9 Å². The Morgan fingerprint density at radius 3 is 3.04 bits per heavy atom. The Morgan fingerprint density at radius 2 is 2.22 bits per heavy atom. The number of amides is 1. The van der Waals surface area contributed by atoms with Crippen molar-refractivity contribution in [1.82, 2.24) is 15.3 Å². The zero-order valence-electron chi connectivity index (χ0n) is 14.8. The smallest absolute Gasteiger partial charge is 0.225 e. The monoisotopic (exact) mass is 397 g/mol. The molecule has 0 saturated heterocycles. The van der Waals surface area contributed by atoms with Crippen LogP contribution in [0.1, 0.15) is 10.4 Å². The molecule has 1 aromatic carbocycles. The molecule has 0 radical (unpaired) electrons. The van der Waals surface area contributed by atoms with Gasteiger partial charge >= 0.3 is 0 Å². The molecule has 0 fully saturated rings. The van der Waals surface area contributed by atoms with Gasteiger partial charge in [-0.2, -0.15) is 0 Å². The number of methoxy groups -OCH3 is 1. The zero-order valence-corrected chi connectivity index (χ0v) is 16.5. The summed E-state index contributed by atoms with van der Waals surface area (Å²) >= 11 is 3.17. The van der Waals surface area contributed by atoms with Crippen LogP contribution in [0.2, 0.25) is 0 Å². The first-order valence-electron chi connectivity index (χ1n) is 8.61. The quantitative estimate of drug-likeness (QED) is 0.490. The molecule has 0 bridgehead atoms. The largest absolute Gasteiger partial charge is 0.497 e. The molecule has 0 aliphatic carbocycles. The van der Waals surface area contributed by atoms with Crippen molar-refractivity contribution in [2.24, 2.45) is 0 Å². The second-order valence-electron chi connectivity index (χ2n) is 6.10. The Labute approximate surface area is 165 Å². The van der Waals surface area contributed by atoms with Gasteiger partial charge in [0.2, 0.25) is 5.91 Å². The number of hydrogen-bond donors (Lipinski definition) is 2. The predicted octanol–water partition coefficient (Wildman–Crippen LogP) is 4.26. The number of aromatic amines is 1. The number of nitrogens with one attached hydrogen (secondary N) is 2. The molecule has 4 rings (SSSR count). The fourth-order valence-electron chi connectivity index (χ4n) is 3.05. The summed E-state index contributed by atoms with van der Waals surface area (Å²) in [6.07, 6.45) is 3.13. The Hall–Kier alpha value is -2.64. The van der Waals surface area contributed by atoms with E-state index in [0.717, 1.165) is 38.5 Å². The van der Waals surface area contributed by atoms with E-state index in [0.29, 0.717) is 13.0 Å². The summed E-state index contributed by atoms with van der Waals surface area (Å²) in [5.74, 6) is 0.855. The Morgan fingerprint density at radius 1 is 1.30 bits per heavy atom.